The Morgan fingerprint density at radius 3 is 2.46 bits per heavy atom. The highest BCUT2D eigenvalue weighted by molar-refractivity contribution is 14.1. The van der Waals surface area contributed by atoms with Crippen LogP contribution in [0.1, 0.15) is 18.9 Å². The van der Waals surface area contributed by atoms with Gasteiger partial charge in [-0.1, -0.05) is 35.0 Å². The van der Waals surface area contributed by atoms with Crippen molar-refractivity contribution >= 4 is 38.5 Å². The van der Waals surface area contributed by atoms with E-state index in [0.717, 1.165) is 11.2 Å². The quantitative estimate of drug-likeness (QED) is 0.561. The normalized spacial score (nSPS) is 12.8. The minimum absolute atomic E-state index is 0.777. The van der Waals surface area contributed by atoms with E-state index in [-0.39, 0.29) is 0 Å². The van der Waals surface area contributed by atoms with Crippen LogP contribution >= 0.6 is 38.5 Å². The topological polar surface area (TPSA) is 0 Å². The fraction of sp³-hybridized carbons (Fsp3) is 0.455. The Balaban J connectivity index is 2.41. The second-order valence-corrected chi connectivity index (χ2v) is 5.32. The zero-order valence-corrected chi connectivity index (χ0v) is 11.5. The van der Waals surface area contributed by atoms with E-state index in [1.54, 1.807) is 0 Å². The molecule has 0 aromatic heterocycles. The smallest absolute Gasteiger partial charge is 0.0130 e. The largest absolute Gasteiger partial charge is 0.0925 e. The van der Waals surface area contributed by atoms with Crippen LogP contribution in [0.4, 0.5) is 0 Å². The Hall–Kier alpha value is 0.430. The summed E-state index contributed by atoms with van der Waals surface area (Å²) in [7, 11) is 0. The molecular weight excluding hydrogens is 339 g/mol. The van der Waals surface area contributed by atoms with E-state index in [0.29, 0.717) is 0 Å². The van der Waals surface area contributed by atoms with E-state index in [1.807, 2.05) is 0 Å². The Labute approximate surface area is 102 Å². The highest BCUT2D eigenvalue weighted by Gasteiger charge is 2.00. The van der Waals surface area contributed by atoms with Gasteiger partial charge in [-0.3, -0.25) is 0 Å². The molecule has 13 heavy (non-hydrogen) atoms. The van der Waals surface area contributed by atoms with Gasteiger partial charge in [0.25, 0.3) is 0 Å². The summed E-state index contributed by atoms with van der Waals surface area (Å²) >= 11 is 5.84. The number of hydrogen-bond donors (Lipinski definition) is 0. The predicted molar refractivity (Wildman–Crippen MR) is 70.4 cm³/mol. The zero-order chi connectivity index (χ0) is 9.68. The molecule has 0 saturated heterocycles. The van der Waals surface area contributed by atoms with Gasteiger partial charge in [-0.05, 0) is 59.0 Å². The van der Waals surface area contributed by atoms with Crippen molar-refractivity contribution in [2.24, 2.45) is 5.92 Å². The van der Waals surface area contributed by atoms with Crippen molar-refractivity contribution < 1.29 is 0 Å². The number of alkyl halides is 1. The molecule has 0 amide bonds. The lowest BCUT2D eigenvalue weighted by molar-refractivity contribution is 0.600. The summed E-state index contributed by atoms with van der Waals surface area (Å²) in [6, 6.07) is 8.80. The first kappa shape index (κ1) is 11.5. The first-order valence-corrected chi connectivity index (χ1v) is 6.73. The SMILES string of the molecule is CC(CBr)CCc1ccc(I)cc1. The predicted octanol–water partition coefficient (Wildman–Crippen LogP) is 4.25. The van der Waals surface area contributed by atoms with Gasteiger partial charge >= 0.3 is 0 Å². The van der Waals surface area contributed by atoms with Crippen molar-refractivity contribution in [3.8, 4) is 0 Å². The Bertz CT molecular complexity index is 243. The summed E-state index contributed by atoms with van der Waals surface area (Å²) in [5.41, 5.74) is 1.45. The van der Waals surface area contributed by atoms with Gasteiger partial charge in [-0.25, -0.2) is 0 Å². The molecule has 0 radical (unpaired) electrons. The van der Waals surface area contributed by atoms with Crippen molar-refractivity contribution in [2.75, 3.05) is 5.33 Å². The fourth-order valence-corrected chi connectivity index (χ4v) is 1.82. The van der Waals surface area contributed by atoms with Gasteiger partial charge in [-0.2, -0.15) is 0 Å². The van der Waals surface area contributed by atoms with Gasteiger partial charge < -0.3 is 0 Å². The third kappa shape index (κ3) is 4.45. The maximum absolute atomic E-state index is 3.50. The van der Waals surface area contributed by atoms with Gasteiger partial charge in [0.1, 0.15) is 0 Å². The molecule has 1 aromatic carbocycles. The lowest BCUT2D eigenvalue weighted by atomic mass is 10.0. The van der Waals surface area contributed by atoms with E-state index < -0.39 is 0 Å². The summed E-state index contributed by atoms with van der Waals surface area (Å²) in [5, 5.41) is 1.11. The number of hydrogen-bond acceptors (Lipinski definition) is 0. The lowest BCUT2D eigenvalue weighted by Crippen LogP contribution is -1.97. The summed E-state index contributed by atoms with van der Waals surface area (Å²) < 4.78 is 1.31. The van der Waals surface area contributed by atoms with Gasteiger partial charge in [0.05, 0.1) is 0 Å². The standard InChI is InChI=1S/C11H14BrI/c1-9(8-12)2-3-10-4-6-11(13)7-5-10/h4-7,9H,2-3,8H2,1H3. The molecule has 2 heteroatoms. The van der Waals surface area contributed by atoms with Crippen LogP contribution in [0.3, 0.4) is 0 Å². The van der Waals surface area contributed by atoms with Crippen molar-refractivity contribution in [3.05, 3.63) is 33.4 Å². The molecule has 0 saturated carbocycles. The van der Waals surface area contributed by atoms with E-state index in [2.05, 4.69) is 69.7 Å². The van der Waals surface area contributed by atoms with Crippen LogP contribution in [0, 0.1) is 9.49 Å². The molecule has 1 atom stereocenters. The number of rotatable bonds is 4. The van der Waals surface area contributed by atoms with Crippen molar-refractivity contribution in [3.63, 3.8) is 0 Å². The molecule has 0 N–H and O–H groups in total. The average Bonchev–Trinajstić information content (AvgIpc) is 2.16. The van der Waals surface area contributed by atoms with Crippen LogP contribution in [0.5, 0.6) is 0 Å². The van der Waals surface area contributed by atoms with Crippen LogP contribution in [0.25, 0.3) is 0 Å². The second-order valence-electron chi connectivity index (χ2n) is 3.42. The number of benzene rings is 1. The molecule has 1 unspecified atom stereocenters. The van der Waals surface area contributed by atoms with Crippen LogP contribution in [-0.2, 0) is 6.42 Å². The fourth-order valence-electron chi connectivity index (χ4n) is 1.14. The summed E-state index contributed by atoms with van der Waals surface area (Å²) in [5.74, 6) is 0.777. The summed E-state index contributed by atoms with van der Waals surface area (Å²) in [6.45, 7) is 2.28. The monoisotopic (exact) mass is 352 g/mol. The highest BCUT2D eigenvalue weighted by atomic mass is 127. The van der Waals surface area contributed by atoms with E-state index in [9.17, 15) is 0 Å². The first-order chi connectivity index (χ1) is 6.22. The average molecular weight is 353 g/mol. The molecule has 1 aromatic rings. The molecule has 0 fully saturated rings. The minimum atomic E-state index is 0.777. The molecule has 0 bridgehead atoms. The van der Waals surface area contributed by atoms with E-state index >= 15 is 0 Å². The lowest BCUT2D eigenvalue weighted by Gasteiger charge is -2.06. The first-order valence-electron chi connectivity index (χ1n) is 4.53. The molecule has 0 spiro atoms. The molecule has 0 nitrogen and oxygen atoms in total. The Morgan fingerprint density at radius 2 is 1.92 bits per heavy atom. The highest BCUT2D eigenvalue weighted by Crippen LogP contribution is 2.13. The molecule has 0 aliphatic carbocycles. The maximum atomic E-state index is 3.50. The number of aryl methyl sites for hydroxylation is 1. The molecule has 0 aliphatic heterocycles. The van der Waals surface area contributed by atoms with Crippen molar-refractivity contribution in [1.29, 1.82) is 0 Å². The minimum Gasteiger partial charge on any atom is -0.0925 e. The maximum Gasteiger partial charge on any atom is 0.0130 e. The molecule has 72 valence electrons. The van der Waals surface area contributed by atoms with E-state index in [4.69, 9.17) is 0 Å². The van der Waals surface area contributed by atoms with E-state index in [1.165, 1.54) is 22.0 Å². The van der Waals surface area contributed by atoms with Crippen molar-refractivity contribution in [1.82, 2.24) is 0 Å². The van der Waals surface area contributed by atoms with Crippen LogP contribution in [0.15, 0.2) is 24.3 Å². The summed E-state index contributed by atoms with van der Waals surface area (Å²) in [6.07, 6.45) is 2.47. The van der Waals surface area contributed by atoms with Gasteiger partial charge in [0.15, 0.2) is 0 Å². The Kier molecular flexibility index (Phi) is 5.32. The van der Waals surface area contributed by atoms with Gasteiger partial charge in [-0.15, -0.1) is 0 Å². The third-order valence-electron chi connectivity index (χ3n) is 2.10. The summed E-state index contributed by atoms with van der Waals surface area (Å²) in [4.78, 5) is 0. The molecule has 1 rings (SSSR count). The Morgan fingerprint density at radius 1 is 1.31 bits per heavy atom. The zero-order valence-electron chi connectivity index (χ0n) is 7.76. The second kappa shape index (κ2) is 6.02. The van der Waals surface area contributed by atoms with Gasteiger partial charge in [0.2, 0.25) is 0 Å². The third-order valence-corrected chi connectivity index (χ3v) is 3.93. The molecular formula is C11H14BrI. The van der Waals surface area contributed by atoms with Crippen LogP contribution in [0.2, 0.25) is 0 Å². The number of halogens is 2. The van der Waals surface area contributed by atoms with Gasteiger partial charge in [0, 0.05) is 8.90 Å². The van der Waals surface area contributed by atoms with Crippen LogP contribution < -0.4 is 0 Å². The molecule has 0 heterocycles. The van der Waals surface area contributed by atoms with Crippen LogP contribution in [-0.4, -0.2) is 5.33 Å². The molecule has 0 aliphatic rings. The van der Waals surface area contributed by atoms with Crippen molar-refractivity contribution in [2.45, 2.75) is 19.8 Å².